The van der Waals surface area contributed by atoms with Crippen molar-refractivity contribution in [3.63, 3.8) is 0 Å². The van der Waals surface area contributed by atoms with Gasteiger partial charge in [-0.05, 0) is 29.8 Å². The van der Waals surface area contributed by atoms with E-state index in [0.29, 0.717) is 12.2 Å². The lowest BCUT2D eigenvalue weighted by Crippen LogP contribution is -2.33. The molecule has 5 nitrogen and oxygen atoms in total. The van der Waals surface area contributed by atoms with Crippen molar-refractivity contribution >= 4 is 11.8 Å². The number of ether oxygens (including phenoxy) is 1. The zero-order valence-corrected chi connectivity index (χ0v) is 18.2. The Hall–Kier alpha value is -4.43. The highest BCUT2D eigenvalue weighted by Gasteiger charge is 2.20. The Bertz CT molecular complexity index is 1260. The first-order chi connectivity index (χ1) is 16.2. The number of carbonyl (C=O) groups excluding carboxylic acids is 1. The zero-order valence-electron chi connectivity index (χ0n) is 18.2. The molecular formula is C28H23N3O2. The Morgan fingerprint density at radius 1 is 0.879 bits per heavy atom. The van der Waals surface area contributed by atoms with Crippen molar-refractivity contribution in [2.24, 2.45) is 0 Å². The minimum atomic E-state index is -0.559. The van der Waals surface area contributed by atoms with Crippen LogP contribution in [0.1, 0.15) is 16.7 Å². The molecule has 1 aromatic heterocycles. The first kappa shape index (κ1) is 21.8. The molecule has 0 saturated carbocycles. The van der Waals surface area contributed by atoms with Crippen LogP contribution in [-0.4, -0.2) is 29.1 Å². The van der Waals surface area contributed by atoms with Crippen LogP contribution in [-0.2, 0) is 16.0 Å². The van der Waals surface area contributed by atoms with Gasteiger partial charge in [0.05, 0.1) is 12.8 Å². The fourth-order valence-corrected chi connectivity index (χ4v) is 3.35. The molecule has 0 saturated heterocycles. The number of esters is 1. The second kappa shape index (κ2) is 10.7. The Balaban J connectivity index is 1.49. The normalized spacial score (nSPS) is 11.1. The molecule has 1 heterocycles. The summed E-state index contributed by atoms with van der Waals surface area (Å²) in [5, 5.41) is 3.19. The van der Waals surface area contributed by atoms with Crippen LogP contribution in [0, 0.1) is 11.8 Å². The van der Waals surface area contributed by atoms with E-state index in [-0.39, 0.29) is 5.97 Å². The first-order valence-electron chi connectivity index (χ1n) is 10.6. The predicted octanol–water partition coefficient (Wildman–Crippen LogP) is 4.74. The van der Waals surface area contributed by atoms with Gasteiger partial charge in [-0.25, -0.2) is 14.8 Å². The van der Waals surface area contributed by atoms with Gasteiger partial charge in [0.25, 0.3) is 0 Å². The van der Waals surface area contributed by atoms with E-state index in [1.807, 2.05) is 91.0 Å². The maximum absolute atomic E-state index is 12.3. The van der Waals surface area contributed by atoms with E-state index in [9.17, 15) is 4.79 Å². The quantitative estimate of drug-likeness (QED) is 0.352. The van der Waals surface area contributed by atoms with Crippen LogP contribution in [0.3, 0.4) is 0 Å². The number of nitrogens with one attached hydrogen (secondary N) is 1. The van der Waals surface area contributed by atoms with E-state index < -0.39 is 6.04 Å². The maximum Gasteiger partial charge on any atom is 0.328 e. The van der Waals surface area contributed by atoms with Crippen LogP contribution < -0.4 is 5.32 Å². The summed E-state index contributed by atoms with van der Waals surface area (Å²) >= 11 is 0. The fraction of sp³-hybridized carbons (Fsp3) is 0.107. The first-order valence-corrected chi connectivity index (χ1v) is 10.6. The second-order valence-corrected chi connectivity index (χ2v) is 7.39. The number of carbonyl (C=O) groups is 1. The molecule has 0 fully saturated rings. The van der Waals surface area contributed by atoms with Gasteiger partial charge in [-0.3, -0.25) is 0 Å². The molecule has 4 rings (SSSR count). The number of aromatic nitrogens is 2. The summed E-state index contributed by atoms with van der Waals surface area (Å²) in [6.07, 6.45) is 1.97. The topological polar surface area (TPSA) is 64.1 Å². The van der Waals surface area contributed by atoms with Crippen LogP contribution >= 0.6 is 0 Å². The number of hydrogen-bond acceptors (Lipinski definition) is 5. The number of anilines is 1. The molecule has 0 aliphatic rings. The molecule has 4 aromatic rings. The van der Waals surface area contributed by atoms with Crippen LogP contribution in [0.2, 0.25) is 0 Å². The molecular weight excluding hydrogens is 410 g/mol. The van der Waals surface area contributed by atoms with Gasteiger partial charge in [0, 0.05) is 29.2 Å². The Morgan fingerprint density at radius 2 is 1.52 bits per heavy atom. The highest BCUT2D eigenvalue weighted by atomic mass is 16.5. The van der Waals surface area contributed by atoms with Gasteiger partial charge in [-0.1, -0.05) is 72.5 Å². The molecule has 3 aromatic carbocycles. The number of hydrogen-bond donors (Lipinski definition) is 1. The third kappa shape index (κ3) is 6.05. The van der Waals surface area contributed by atoms with Crippen LogP contribution in [0.4, 0.5) is 5.82 Å². The van der Waals surface area contributed by atoms with Crippen molar-refractivity contribution < 1.29 is 9.53 Å². The van der Waals surface area contributed by atoms with Crippen molar-refractivity contribution in [1.29, 1.82) is 0 Å². The summed E-state index contributed by atoms with van der Waals surface area (Å²) in [5.74, 6) is 6.54. The Kier molecular flexibility index (Phi) is 7.09. The van der Waals surface area contributed by atoms with Crippen molar-refractivity contribution in [2.45, 2.75) is 12.5 Å². The highest BCUT2D eigenvalue weighted by molar-refractivity contribution is 5.79. The molecule has 0 aliphatic carbocycles. The van der Waals surface area contributed by atoms with Crippen molar-refractivity contribution in [3.05, 3.63) is 114 Å². The predicted molar refractivity (Wildman–Crippen MR) is 129 cm³/mol. The minimum absolute atomic E-state index is 0.347. The van der Waals surface area contributed by atoms with Crippen molar-refractivity contribution in [3.8, 4) is 23.1 Å². The molecule has 1 atom stereocenters. The monoisotopic (exact) mass is 433 g/mol. The third-order valence-electron chi connectivity index (χ3n) is 5.06. The van der Waals surface area contributed by atoms with Gasteiger partial charge in [0.2, 0.25) is 0 Å². The van der Waals surface area contributed by atoms with Crippen LogP contribution in [0.5, 0.6) is 0 Å². The molecule has 0 bridgehead atoms. The Labute approximate surface area is 193 Å². The summed E-state index contributed by atoms with van der Waals surface area (Å²) < 4.78 is 4.98. The van der Waals surface area contributed by atoms with Crippen molar-refractivity contribution in [2.75, 3.05) is 12.4 Å². The summed E-state index contributed by atoms with van der Waals surface area (Å²) in [4.78, 5) is 21.0. The minimum Gasteiger partial charge on any atom is -0.467 e. The number of nitrogens with zero attached hydrogens (tertiary/aromatic N) is 2. The van der Waals surface area contributed by atoms with E-state index in [1.54, 1.807) is 0 Å². The summed E-state index contributed by atoms with van der Waals surface area (Å²) in [6.45, 7) is 0. The lowest BCUT2D eigenvalue weighted by atomic mass is 10.1. The van der Waals surface area contributed by atoms with Gasteiger partial charge >= 0.3 is 5.97 Å². The number of rotatable bonds is 6. The molecule has 1 unspecified atom stereocenters. The van der Waals surface area contributed by atoms with E-state index in [0.717, 1.165) is 27.9 Å². The molecule has 5 heteroatoms. The fourth-order valence-electron chi connectivity index (χ4n) is 3.35. The summed E-state index contributed by atoms with van der Waals surface area (Å²) in [5.41, 5.74) is 4.61. The van der Waals surface area contributed by atoms with Gasteiger partial charge < -0.3 is 10.1 Å². The van der Waals surface area contributed by atoms with Gasteiger partial charge in [0.15, 0.2) is 0 Å². The standard InChI is InChI=1S/C28H23N3O2/c1-33-28(32)26(18-23-10-6-3-7-11-23)31-27-19-25(29-20-30-27)24-16-14-22(15-17-24)13-12-21-8-4-2-5-9-21/h2-11,14-17,19-20,26H,18H2,1H3,(H,29,30,31). The smallest absolute Gasteiger partial charge is 0.328 e. The lowest BCUT2D eigenvalue weighted by molar-refractivity contribution is -0.141. The third-order valence-corrected chi connectivity index (χ3v) is 5.06. The van der Waals surface area contributed by atoms with E-state index in [2.05, 4.69) is 27.1 Å². The van der Waals surface area contributed by atoms with E-state index in [1.165, 1.54) is 13.4 Å². The summed E-state index contributed by atoms with van der Waals surface area (Å²) in [6, 6.07) is 28.8. The summed E-state index contributed by atoms with van der Waals surface area (Å²) in [7, 11) is 1.38. The van der Waals surface area contributed by atoms with Crippen molar-refractivity contribution in [1.82, 2.24) is 9.97 Å². The zero-order chi connectivity index (χ0) is 22.9. The molecule has 0 amide bonds. The molecule has 0 aliphatic heterocycles. The number of benzene rings is 3. The molecule has 162 valence electrons. The molecule has 33 heavy (non-hydrogen) atoms. The average Bonchev–Trinajstić information content (AvgIpc) is 2.88. The Morgan fingerprint density at radius 3 is 2.18 bits per heavy atom. The lowest BCUT2D eigenvalue weighted by Gasteiger charge is -2.17. The highest BCUT2D eigenvalue weighted by Crippen LogP contribution is 2.20. The van der Waals surface area contributed by atoms with E-state index in [4.69, 9.17) is 4.74 Å². The SMILES string of the molecule is COC(=O)C(Cc1ccccc1)Nc1cc(-c2ccc(C#Cc3ccccc3)cc2)ncn1. The second-order valence-electron chi connectivity index (χ2n) is 7.39. The van der Waals surface area contributed by atoms with Gasteiger partial charge in [-0.15, -0.1) is 0 Å². The van der Waals surface area contributed by atoms with Gasteiger partial charge in [-0.2, -0.15) is 0 Å². The van der Waals surface area contributed by atoms with Gasteiger partial charge in [0.1, 0.15) is 18.2 Å². The molecule has 1 N–H and O–H groups in total. The van der Waals surface area contributed by atoms with Crippen LogP contribution in [0.25, 0.3) is 11.3 Å². The number of methoxy groups -OCH3 is 1. The average molecular weight is 434 g/mol. The molecule has 0 spiro atoms. The van der Waals surface area contributed by atoms with E-state index >= 15 is 0 Å². The largest absolute Gasteiger partial charge is 0.467 e. The molecule has 0 radical (unpaired) electrons. The maximum atomic E-state index is 12.3. The van der Waals surface area contributed by atoms with Crippen LogP contribution in [0.15, 0.2) is 97.3 Å².